The zero-order valence-electron chi connectivity index (χ0n) is 12.0. The maximum absolute atomic E-state index is 13.0. The first-order valence-corrected chi connectivity index (χ1v) is 7.57. The van der Waals surface area contributed by atoms with Crippen LogP contribution in [0.2, 0.25) is 0 Å². The van der Waals surface area contributed by atoms with Crippen molar-refractivity contribution in [1.29, 1.82) is 0 Å². The number of hydrogen-bond acceptors (Lipinski definition) is 2. The average Bonchev–Trinajstić information content (AvgIpc) is 2.90. The van der Waals surface area contributed by atoms with Crippen LogP contribution in [0.5, 0.6) is 5.75 Å². The van der Waals surface area contributed by atoms with E-state index in [1.165, 1.54) is 12.1 Å². The van der Waals surface area contributed by atoms with E-state index in [1.807, 2.05) is 35.0 Å². The summed E-state index contributed by atoms with van der Waals surface area (Å²) in [6.07, 6.45) is 0. The molecule has 0 radical (unpaired) electrons. The lowest BCUT2D eigenvalue weighted by atomic mass is 10.1. The third-order valence-corrected chi connectivity index (χ3v) is 4.00. The number of aromatic nitrogens is 2. The van der Waals surface area contributed by atoms with Crippen molar-refractivity contribution in [1.82, 2.24) is 9.78 Å². The summed E-state index contributed by atoms with van der Waals surface area (Å²) >= 11 is 3.52. The van der Waals surface area contributed by atoms with Gasteiger partial charge in [-0.1, -0.05) is 12.1 Å². The van der Waals surface area contributed by atoms with Gasteiger partial charge in [-0.2, -0.15) is 5.10 Å². The highest BCUT2D eigenvalue weighted by atomic mass is 79.9. The molecule has 1 heterocycles. The van der Waals surface area contributed by atoms with Crippen molar-refractivity contribution in [3.8, 4) is 17.0 Å². The molecule has 0 unspecified atom stereocenters. The molecule has 0 saturated heterocycles. The van der Waals surface area contributed by atoms with Crippen molar-refractivity contribution in [2.24, 2.45) is 0 Å². The summed E-state index contributed by atoms with van der Waals surface area (Å²) in [6, 6.07) is 16.1. The minimum Gasteiger partial charge on any atom is -0.497 e. The maximum Gasteiger partial charge on any atom is 0.123 e. The summed E-state index contributed by atoms with van der Waals surface area (Å²) in [6.45, 7) is 0.645. The standard InChI is InChI=1S/C17H14BrFN2O/c1-22-15-8-2-12(3-9-15)11-21-17(18)10-16(20-21)13-4-6-14(19)7-5-13/h2-10H,11H2,1H3. The first-order chi connectivity index (χ1) is 10.7. The predicted octanol–water partition coefficient (Wildman–Crippen LogP) is 4.51. The second kappa shape index (κ2) is 6.32. The molecule has 0 fully saturated rings. The molecule has 0 saturated carbocycles. The van der Waals surface area contributed by atoms with Crippen molar-refractivity contribution < 1.29 is 9.13 Å². The van der Waals surface area contributed by atoms with E-state index in [9.17, 15) is 4.39 Å². The summed E-state index contributed by atoms with van der Waals surface area (Å²) in [5.41, 5.74) is 2.81. The Kier molecular flexibility index (Phi) is 4.24. The Morgan fingerprint density at radius 2 is 1.77 bits per heavy atom. The van der Waals surface area contributed by atoms with E-state index in [4.69, 9.17) is 4.74 Å². The van der Waals surface area contributed by atoms with Gasteiger partial charge in [0.25, 0.3) is 0 Å². The number of benzene rings is 2. The highest BCUT2D eigenvalue weighted by Gasteiger charge is 2.08. The van der Waals surface area contributed by atoms with E-state index in [2.05, 4.69) is 21.0 Å². The van der Waals surface area contributed by atoms with Crippen LogP contribution >= 0.6 is 15.9 Å². The van der Waals surface area contributed by atoms with E-state index >= 15 is 0 Å². The van der Waals surface area contributed by atoms with Gasteiger partial charge in [-0.25, -0.2) is 4.39 Å². The molecule has 0 spiro atoms. The molecule has 2 aromatic carbocycles. The minimum absolute atomic E-state index is 0.250. The van der Waals surface area contributed by atoms with Crippen molar-refractivity contribution in [2.75, 3.05) is 7.11 Å². The molecule has 0 aliphatic rings. The Bertz CT molecular complexity index is 766. The quantitative estimate of drug-likeness (QED) is 0.684. The van der Waals surface area contributed by atoms with Crippen molar-refractivity contribution in [3.05, 3.63) is 70.6 Å². The lowest BCUT2D eigenvalue weighted by Crippen LogP contribution is -2.02. The highest BCUT2D eigenvalue weighted by Crippen LogP contribution is 2.23. The Balaban J connectivity index is 1.84. The van der Waals surface area contributed by atoms with Crippen LogP contribution in [0.3, 0.4) is 0 Å². The van der Waals surface area contributed by atoms with Gasteiger partial charge >= 0.3 is 0 Å². The van der Waals surface area contributed by atoms with Gasteiger partial charge in [-0.05, 0) is 64.0 Å². The molecule has 0 bridgehead atoms. The second-order valence-corrected chi connectivity index (χ2v) is 5.68. The normalized spacial score (nSPS) is 10.7. The van der Waals surface area contributed by atoms with Crippen molar-refractivity contribution >= 4 is 15.9 Å². The van der Waals surface area contributed by atoms with Crippen molar-refractivity contribution in [2.45, 2.75) is 6.54 Å². The van der Waals surface area contributed by atoms with E-state index in [0.29, 0.717) is 6.54 Å². The number of rotatable bonds is 4. The monoisotopic (exact) mass is 360 g/mol. The van der Waals surface area contributed by atoms with Gasteiger partial charge in [0.2, 0.25) is 0 Å². The summed E-state index contributed by atoms with van der Waals surface area (Å²) in [4.78, 5) is 0. The van der Waals surface area contributed by atoms with Crippen LogP contribution in [0.1, 0.15) is 5.56 Å². The molecule has 0 atom stereocenters. The summed E-state index contributed by atoms with van der Waals surface area (Å²) < 4.78 is 20.9. The lowest BCUT2D eigenvalue weighted by Gasteiger charge is -2.05. The Hall–Kier alpha value is -2.14. The van der Waals surface area contributed by atoms with Crippen LogP contribution in [0, 0.1) is 5.82 Å². The molecule has 5 heteroatoms. The largest absolute Gasteiger partial charge is 0.497 e. The molecular formula is C17H14BrFN2O. The van der Waals surface area contributed by atoms with E-state index < -0.39 is 0 Å². The maximum atomic E-state index is 13.0. The van der Waals surface area contributed by atoms with E-state index in [1.54, 1.807) is 19.2 Å². The molecule has 0 aliphatic carbocycles. The number of halogens is 2. The van der Waals surface area contributed by atoms with E-state index in [0.717, 1.165) is 27.2 Å². The molecule has 112 valence electrons. The predicted molar refractivity (Wildman–Crippen MR) is 87.4 cm³/mol. The molecule has 1 aromatic heterocycles. The molecule has 0 amide bonds. The third kappa shape index (κ3) is 3.20. The number of hydrogen-bond donors (Lipinski definition) is 0. The zero-order chi connectivity index (χ0) is 15.5. The summed E-state index contributed by atoms with van der Waals surface area (Å²) in [5, 5.41) is 4.56. The molecule has 3 nitrogen and oxygen atoms in total. The summed E-state index contributed by atoms with van der Waals surface area (Å²) in [5.74, 6) is 0.579. The number of methoxy groups -OCH3 is 1. The Morgan fingerprint density at radius 1 is 1.09 bits per heavy atom. The van der Waals surface area contributed by atoms with Crippen molar-refractivity contribution in [3.63, 3.8) is 0 Å². The minimum atomic E-state index is -0.250. The van der Waals surface area contributed by atoms with Gasteiger partial charge in [0.15, 0.2) is 0 Å². The molecule has 3 rings (SSSR count). The third-order valence-electron chi connectivity index (χ3n) is 3.36. The average molecular weight is 361 g/mol. The second-order valence-electron chi connectivity index (χ2n) is 4.86. The smallest absolute Gasteiger partial charge is 0.123 e. The van der Waals surface area contributed by atoms with Gasteiger partial charge in [0.05, 0.1) is 19.3 Å². The summed E-state index contributed by atoms with van der Waals surface area (Å²) in [7, 11) is 1.65. The van der Waals surface area contributed by atoms with Gasteiger partial charge < -0.3 is 4.74 Å². The van der Waals surface area contributed by atoms with Crippen LogP contribution in [-0.4, -0.2) is 16.9 Å². The molecule has 0 aliphatic heterocycles. The fourth-order valence-corrected chi connectivity index (χ4v) is 2.59. The first kappa shape index (κ1) is 14.8. The Labute approximate surface area is 136 Å². The van der Waals surface area contributed by atoms with Gasteiger partial charge in [-0.3, -0.25) is 4.68 Å². The molecule has 3 aromatic rings. The van der Waals surface area contributed by atoms with Crippen LogP contribution in [0.25, 0.3) is 11.3 Å². The van der Waals surface area contributed by atoms with Gasteiger partial charge in [-0.15, -0.1) is 0 Å². The van der Waals surface area contributed by atoms with Crippen LogP contribution in [0.15, 0.2) is 59.2 Å². The SMILES string of the molecule is COc1ccc(Cn2nc(-c3ccc(F)cc3)cc2Br)cc1. The fraction of sp³-hybridized carbons (Fsp3) is 0.118. The highest BCUT2D eigenvalue weighted by molar-refractivity contribution is 9.10. The van der Waals surface area contributed by atoms with Crippen LogP contribution in [-0.2, 0) is 6.54 Å². The van der Waals surface area contributed by atoms with E-state index in [-0.39, 0.29) is 5.82 Å². The van der Waals surface area contributed by atoms with Crippen LogP contribution in [0.4, 0.5) is 4.39 Å². The molecular weight excluding hydrogens is 347 g/mol. The number of ether oxygens (including phenoxy) is 1. The van der Waals surface area contributed by atoms with Gasteiger partial charge in [0, 0.05) is 5.56 Å². The van der Waals surface area contributed by atoms with Gasteiger partial charge in [0.1, 0.15) is 16.2 Å². The topological polar surface area (TPSA) is 27.1 Å². The number of nitrogens with zero attached hydrogens (tertiary/aromatic N) is 2. The first-order valence-electron chi connectivity index (χ1n) is 6.78. The van der Waals surface area contributed by atoms with Crippen LogP contribution < -0.4 is 4.74 Å². The molecule has 22 heavy (non-hydrogen) atoms. The lowest BCUT2D eigenvalue weighted by molar-refractivity contribution is 0.414. The zero-order valence-corrected chi connectivity index (χ0v) is 13.5. The molecule has 0 N–H and O–H groups in total. The fourth-order valence-electron chi connectivity index (χ4n) is 2.17. The Morgan fingerprint density at radius 3 is 2.41 bits per heavy atom.